The maximum absolute atomic E-state index is 13.4. The molecule has 1 fully saturated rings. The van der Waals surface area contributed by atoms with Crippen LogP contribution in [0.15, 0.2) is 66.7 Å². The highest BCUT2D eigenvalue weighted by atomic mass is 35.5. The van der Waals surface area contributed by atoms with Crippen molar-refractivity contribution < 1.29 is 35.8 Å². The summed E-state index contributed by atoms with van der Waals surface area (Å²) >= 11 is 12.4. The van der Waals surface area contributed by atoms with Gasteiger partial charge in [0.05, 0.1) is 41.0 Å². The predicted molar refractivity (Wildman–Crippen MR) is 137 cm³/mol. The van der Waals surface area contributed by atoms with Gasteiger partial charge >= 0.3 is 12.4 Å². The minimum Gasteiger partial charge on any atom is -0.377 e. The van der Waals surface area contributed by atoms with Crippen LogP contribution >= 0.6 is 23.2 Å². The Labute approximate surface area is 232 Å². The maximum Gasteiger partial charge on any atom is 0.416 e. The number of hydrogen-bond acceptors (Lipinski definition) is 3. The van der Waals surface area contributed by atoms with Crippen LogP contribution < -0.4 is 0 Å². The summed E-state index contributed by atoms with van der Waals surface area (Å²) in [6.07, 6.45) is -9.47. The lowest BCUT2D eigenvalue weighted by Gasteiger charge is -2.43. The Hall–Kier alpha value is -2.30. The smallest absolute Gasteiger partial charge is 0.377 e. The number of hydrogen-bond donors (Lipinski definition) is 0. The van der Waals surface area contributed by atoms with Crippen LogP contribution in [-0.4, -0.2) is 31.2 Å². The second kappa shape index (κ2) is 12.1. The number of halogens is 8. The summed E-state index contributed by atoms with van der Waals surface area (Å²) < 4.78 is 92.4. The Morgan fingerprint density at radius 2 is 1.49 bits per heavy atom. The molecule has 210 valence electrons. The van der Waals surface area contributed by atoms with Crippen LogP contribution in [0.1, 0.15) is 34.2 Å². The molecule has 0 spiro atoms. The van der Waals surface area contributed by atoms with Gasteiger partial charge in [-0.2, -0.15) is 26.3 Å². The molecule has 0 saturated carbocycles. The molecule has 1 atom stereocenters. The van der Waals surface area contributed by atoms with Crippen molar-refractivity contribution in [3.63, 3.8) is 0 Å². The summed E-state index contributed by atoms with van der Waals surface area (Å²) in [5.74, 6) is 0. The van der Waals surface area contributed by atoms with Gasteiger partial charge in [-0.3, -0.25) is 4.90 Å². The van der Waals surface area contributed by atoms with Crippen molar-refractivity contribution in [3.8, 4) is 0 Å². The normalized spacial score (nSPS) is 18.9. The lowest BCUT2D eigenvalue weighted by molar-refractivity contribution is -0.143. The molecule has 4 rings (SSSR count). The first-order valence-electron chi connectivity index (χ1n) is 12.1. The van der Waals surface area contributed by atoms with Crippen LogP contribution in [0, 0.1) is 0 Å². The Bertz CT molecular complexity index is 1240. The first-order valence-corrected chi connectivity index (χ1v) is 12.8. The fraction of sp³-hybridized carbons (Fsp3) is 0.357. The van der Waals surface area contributed by atoms with Gasteiger partial charge in [0.15, 0.2) is 0 Å². The zero-order chi connectivity index (χ0) is 28.3. The Kier molecular flexibility index (Phi) is 9.18. The lowest BCUT2D eigenvalue weighted by atomic mass is 9.88. The highest BCUT2D eigenvalue weighted by Crippen LogP contribution is 2.39. The molecule has 39 heavy (non-hydrogen) atoms. The fourth-order valence-electron chi connectivity index (χ4n) is 4.61. The number of nitrogens with zero attached hydrogens (tertiary/aromatic N) is 1. The SMILES string of the molecule is FC(F)(F)c1cc(CN2CCOC(CCOCc3ccccc3)(c3ccc(Cl)c(Cl)c3)C2)cc(C(F)(F)F)c1. The van der Waals surface area contributed by atoms with E-state index in [1.54, 1.807) is 23.1 Å². The van der Waals surface area contributed by atoms with Crippen molar-refractivity contribution in [1.29, 1.82) is 0 Å². The molecule has 0 N–H and O–H groups in total. The number of benzene rings is 3. The van der Waals surface area contributed by atoms with Crippen molar-refractivity contribution in [2.75, 3.05) is 26.3 Å². The summed E-state index contributed by atoms with van der Waals surface area (Å²) in [6, 6.07) is 16.2. The van der Waals surface area contributed by atoms with E-state index in [0.29, 0.717) is 35.2 Å². The molecule has 1 saturated heterocycles. The number of rotatable bonds is 8. The van der Waals surface area contributed by atoms with Gasteiger partial charge in [0.25, 0.3) is 0 Å². The van der Waals surface area contributed by atoms with Gasteiger partial charge in [0.2, 0.25) is 0 Å². The van der Waals surface area contributed by atoms with Gasteiger partial charge in [0.1, 0.15) is 5.60 Å². The zero-order valence-corrected chi connectivity index (χ0v) is 22.1. The van der Waals surface area contributed by atoms with Crippen LogP contribution in [0.25, 0.3) is 0 Å². The summed E-state index contributed by atoms with van der Waals surface area (Å²) in [6.45, 7) is 1.22. The molecular weight excluding hydrogens is 567 g/mol. The molecule has 1 aliphatic heterocycles. The van der Waals surface area contributed by atoms with Gasteiger partial charge in [-0.25, -0.2) is 0 Å². The van der Waals surface area contributed by atoms with Gasteiger partial charge in [0, 0.05) is 26.1 Å². The average molecular weight is 592 g/mol. The molecule has 1 heterocycles. The van der Waals surface area contributed by atoms with Crippen molar-refractivity contribution in [2.45, 2.75) is 37.5 Å². The third-order valence-electron chi connectivity index (χ3n) is 6.53. The van der Waals surface area contributed by atoms with Crippen molar-refractivity contribution in [1.82, 2.24) is 4.90 Å². The molecule has 0 radical (unpaired) electrons. The summed E-state index contributed by atoms with van der Waals surface area (Å²) in [5, 5.41) is 0.638. The monoisotopic (exact) mass is 591 g/mol. The summed E-state index contributed by atoms with van der Waals surface area (Å²) in [5.41, 5.74) is -2.08. The molecule has 3 nitrogen and oxygen atoms in total. The minimum absolute atomic E-state index is 0.0950. The molecule has 0 amide bonds. The molecule has 11 heteroatoms. The maximum atomic E-state index is 13.4. The standard InChI is InChI=1S/C28H25Cl2F6NO2/c29-24-7-6-21(15-25(24)30)26(8-10-38-17-19-4-2-1-3-5-19)18-37(9-11-39-26)16-20-12-22(27(31,32)33)14-23(13-20)28(34,35)36/h1-7,12-15H,8-11,16-18H2. The van der Waals surface area contributed by atoms with Gasteiger partial charge < -0.3 is 9.47 Å². The third kappa shape index (κ3) is 7.67. The van der Waals surface area contributed by atoms with Crippen LogP contribution in [0.5, 0.6) is 0 Å². The van der Waals surface area contributed by atoms with Crippen molar-refractivity contribution in [2.24, 2.45) is 0 Å². The van der Waals surface area contributed by atoms with E-state index in [1.807, 2.05) is 30.3 Å². The molecule has 3 aromatic carbocycles. The predicted octanol–water partition coefficient (Wildman–Crippen LogP) is 8.37. The molecular formula is C28H25Cl2F6NO2. The van der Waals surface area contributed by atoms with E-state index in [1.165, 1.54) is 0 Å². The van der Waals surface area contributed by atoms with Crippen LogP contribution in [0.4, 0.5) is 26.3 Å². The van der Waals surface area contributed by atoms with E-state index in [0.717, 1.165) is 17.7 Å². The molecule has 3 aromatic rings. The lowest BCUT2D eigenvalue weighted by Crippen LogP contribution is -2.50. The average Bonchev–Trinajstić information content (AvgIpc) is 2.88. The van der Waals surface area contributed by atoms with E-state index in [4.69, 9.17) is 32.7 Å². The minimum atomic E-state index is -4.92. The number of alkyl halides is 6. The fourth-order valence-corrected chi connectivity index (χ4v) is 4.91. The highest BCUT2D eigenvalue weighted by molar-refractivity contribution is 6.42. The van der Waals surface area contributed by atoms with E-state index in [9.17, 15) is 26.3 Å². The molecule has 1 unspecified atom stereocenters. The highest BCUT2D eigenvalue weighted by Gasteiger charge is 2.40. The Morgan fingerprint density at radius 1 is 0.821 bits per heavy atom. The molecule has 0 aromatic heterocycles. The zero-order valence-electron chi connectivity index (χ0n) is 20.6. The third-order valence-corrected chi connectivity index (χ3v) is 7.27. The number of ether oxygens (including phenoxy) is 2. The second-order valence-electron chi connectivity index (χ2n) is 9.38. The quantitative estimate of drug-likeness (QED) is 0.194. The first kappa shape index (κ1) is 29.7. The van der Waals surface area contributed by atoms with Crippen molar-refractivity contribution >= 4 is 23.2 Å². The second-order valence-corrected chi connectivity index (χ2v) is 10.2. The van der Waals surface area contributed by atoms with Crippen LogP contribution in [0.2, 0.25) is 10.0 Å². The van der Waals surface area contributed by atoms with E-state index in [-0.39, 0.29) is 37.9 Å². The molecule has 0 aliphatic carbocycles. The Morgan fingerprint density at radius 3 is 2.10 bits per heavy atom. The molecule has 1 aliphatic rings. The van der Waals surface area contributed by atoms with Crippen LogP contribution in [-0.2, 0) is 40.6 Å². The first-order chi connectivity index (χ1) is 18.4. The van der Waals surface area contributed by atoms with Gasteiger partial charge in [-0.1, -0.05) is 59.6 Å². The summed E-state index contributed by atoms with van der Waals surface area (Å²) in [4.78, 5) is 1.78. The van der Waals surface area contributed by atoms with Gasteiger partial charge in [-0.05, 0) is 47.0 Å². The topological polar surface area (TPSA) is 21.7 Å². The molecule has 0 bridgehead atoms. The number of morpholine rings is 1. The van der Waals surface area contributed by atoms with E-state index < -0.39 is 29.1 Å². The van der Waals surface area contributed by atoms with Gasteiger partial charge in [-0.15, -0.1) is 0 Å². The largest absolute Gasteiger partial charge is 0.416 e. The summed E-state index contributed by atoms with van der Waals surface area (Å²) in [7, 11) is 0. The Balaban J connectivity index is 1.58. The van der Waals surface area contributed by atoms with E-state index >= 15 is 0 Å². The van der Waals surface area contributed by atoms with Crippen LogP contribution in [0.3, 0.4) is 0 Å². The van der Waals surface area contributed by atoms with Crippen molar-refractivity contribution in [3.05, 3.63) is 105 Å². The van der Waals surface area contributed by atoms with E-state index in [2.05, 4.69) is 0 Å².